The van der Waals surface area contributed by atoms with Crippen LogP contribution in [0.2, 0.25) is 0 Å². The highest BCUT2D eigenvalue weighted by atomic mass is 16.6. The molecule has 0 saturated heterocycles. The van der Waals surface area contributed by atoms with Crippen molar-refractivity contribution in [2.24, 2.45) is 11.8 Å². The van der Waals surface area contributed by atoms with Crippen LogP contribution in [0.1, 0.15) is 227 Å². The van der Waals surface area contributed by atoms with E-state index >= 15 is 0 Å². The molecule has 0 aliphatic carbocycles. The maximum absolute atomic E-state index is 12.6. The Morgan fingerprint density at radius 3 is 1.16 bits per heavy atom. The average Bonchev–Trinajstić information content (AvgIpc) is 3.08. The van der Waals surface area contributed by atoms with Crippen LogP contribution in [0.15, 0.2) is 0 Å². The number of ether oxygens (including phenoxy) is 3. The van der Waals surface area contributed by atoms with Gasteiger partial charge in [-0.05, 0) is 31.1 Å². The van der Waals surface area contributed by atoms with Crippen LogP contribution in [0, 0.1) is 11.8 Å². The van der Waals surface area contributed by atoms with Crippen LogP contribution in [0.5, 0.6) is 0 Å². The number of esters is 3. The molecule has 6 heteroatoms. The Balaban J connectivity index is 4.34. The minimum atomic E-state index is -0.759. The van der Waals surface area contributed by atoms with Crippen molar-refractivity contribution in [3.63, 3.8) is 0 Å². The van der Waals surface area contributed by atoms with Crippen LogP contribution < -0.4 is 0 Å². The van der Waals surface area contributed by atoms with Crippen LogP contribution >= 0.6 is 0 Å². The zero-order valence-electron chi connectivity index (χ0n) is 33.3. The topological polar surface area (TPSA) is 78.9 Å². The molecule has 49 heavy (non-hydrogen) atoms. The molecule has 0 spiro atoms. The van der Waals surface area contributed by atoms with Gasteiger partial charge in [0.1, 0.15) is 13.2 Å². The Hall–Kier alpha value is -1.59. The lowest BCUT2D eigenvalue weighted by molar-refractivity contribution is -0.167. The molecule has 0 radical (unpaired) electrons. The number of hydrogen-bond acceptors (Lipinski definition) is 6. The molecule has 0 aliphatic heterocycles. The Morgan fingerprint density at radius 1 is 0.429 bits per heavy atom. The summed E-state index contributed by atoms with van der Waals surface area (Å²) in [6.07, 6.45) is 32.3. The maximum Gasteiger partial charge on any atom is 0.306 e. The second kappa shape index (κ2) is 36.2. The Labute approximate surface area is 304 Å². The van der Waals surface area contributed by atoms with Gasteiger partial charge in [-0.25, -0.2) is 0 Å². The molecule has 0 saturated carbocycles. The summed E-state index contributed by atoms with van der Waals surface area (Å²) in [6, 6.07) is 0. The van der Waals surface area contributed by atoms with E-state index in [2.05, 4.69) is 34.6 Å². The maximum atomic E-state index is 12.6. The fourth-order valence-electron chi connectivity index (χ4n) is 6.19. The predicted molar refractivity (Wildman–Crippen MR) is 206 cm³/mol. The van der Waals surface area contributed by atoms with E-state index < -0.39 is 6.10 Å². The van der Waals surface area contributed by atoms with Crippen molar-refractivity contribution in [1.29, 1.82) is 0 Å². The second-order valence-electron chi connectivity index (χ2n) is 15.3. The normalized spacial score (nSPS) is 12.6. The summed E-state index contributed by atoms with van der Waals surface area (Å²) in [5, 5.41) is 0. The SMILES string of the molecule is CCCCCCCCCCCC(=O)O[C@@H](COC(=O)CCCCCCCCCCCC(C)C)COC(=O)CCCCCCCCC(C)CC. The van der Waals surface area contributed by atoms with Gasteiger partial charge in [-0.15, -0.1) is 0 Å². The number of carbonyl (C=O) groups excluding carboxylic acids is 3. The Kier molecular flexibility index (Phi) is 35.0. The van der Waals surface area contributed by atoms with Gasteiger partial charge in [-0.3, -0.25) is 14.4 Å². The van der Waals surface area contributed by atoms with Gasteiger partial charge in [0, 0.05) is 19.3 Å². The van der Waals surface area contributed by atoms with Crippen LogP contribution in [0.25, 0.3) is 0 Å². The van der Waals surface area contributed by atoms with Gasteiger partial charge in [0.2, 0.25) is 0 Å². The van der Waals surface area contributed by atoms with E-state index in [9.17, 15) is 14.4 Å². The summed E-state index contributed by atoms with van der Waals surface area (Å²) in [7, 11) is 0. The van der Waals surface area contributed by atoms with E-state index in [1.807, 2.05) is 0 Å². The third-order valence-corrected chi connectivity index (χ3v) is 9.83. The first-order valence-corrected chi connectivity index (χ1v) is 21.3. The van der Waals surface area contributed by atoms with E-state index in [0.717, 1.165) is 69.6 Å². The van der Waals surface area contributed by atoms with Crippen molar-refractivity contribution < 1.29 is 28.6 Å². The predicted octanol–water partition coefficient (Wildman–Crippen LogP) is 13.0. The highest BCUT2D eigenvalue weighted by Gasteiger charge is 2.19. The summed E-state index contributed by atoms with van der Waals surface area (Å²) >= 11 is 0. The number of unbranched alkanes of at least 4 members (excludes halogenated alkanes) is 21. The fourth-order valence-corrected chi connectivity index (χ4v) is 6.19. The third-order valence-electron chi connectivity index (χ3n) is 9.83. The van der Waals surface area contributed by atoms with Crippen molar-refractivity contribution in [2.45, 2.75) is 233 Å². The Bertz CT molecular complexity index is 751. The summed E-state index contributed by atoms with van der Waals surface area (Å²) < 4.78 is 16.6. The standard InChI is InChI=1S/C43H82O6/c1-6-8-9-10-11-13-18-25-30-35-43(46)49-40(37-48-42(45)34-29-24-20-19-22-27-32-39(5)7-2)36-47-41(44)33-28-23-17-15-12-14-16-21-26-31-38(3)4/h38-40H,6-37H2,1-5H3/t39?,40-/m0/s1. The lowest BCUT2D eigenvalue weighted by Gasteiger charge is -2.18. The quantitative estimate of drug-likeness (QED) is 0.0366. The van der Waals surface area contributed by atoms with E-state index in [1.165, 1.54) is 116 Å². The molecular weight excluding hydrogens is 612 g/mol. The number of carbonyl (C=O) groups is 3. The largest absolute Gasteiger partial charge is 0.462 e. The smallest absolute Gasteiger partial charge is 0.306 e. The molecule has 0 aromatic carbocycles. The van der Waals surface area contributed by atoms with Gasteiger partial charge in [-0.1, -0.05) is 189 Å². The molecule has 0 fully saturated rings. The zero-order chi connectivity index (χ0) is 36.2. The molecule has 0 bridgehead atoms. The van der Waals surface area contributed by atoms with Gasteiger partial charge in [-0.2, -0.15) is 0 Å². The molecule has 0 aliphatic rings. The summed E-state index contributed by atoms with van der Waals surface area (Å²) in [6.45, 7) is 11.3. The second-order valence-corrected chi connectivity index (χ2v) is 15.3. The highest BCUT2D eigenvalue weighted by Crippen LogP contribution is 2.16. The minimum absolute atomic E-state index is 0.0664. The van der Waals surface area contributed by atoms with E-state index in [0.29, 0.717) is 19.3 Å². The number of hydrogen-bond donors (Lipinski definition) is 0. The molecule has 1 unspecified atom stereocenters. The van der Waals surface area contributed by atoms with Crippen LogP contribution in [0.4, 0.5) is 0 Å². The number of rotatable bonds is 37. The Morgan fingerprint density at radius 2 is 0.776 bits per heavy atom. The first kappa shape index (κ1) is 47.4. The molecule has 0 aromatic heterocycles. The third kappa shape index (κ3) is 36.0. The average molecular weight is 695 g/mol. The van der Waals surface area contributed by atoms with Gasteiger partial charge in [0.25, 0.3) is 0 Å². The van der Waals surface area contributed by atoms with E-state index in [1.54, 1.807) is 0 Å². The van der Waals surface area contributed by atoms with Gasteiger partial charge in [0.05, 0.1) is 0 Å². The summed E-state index contributed by atoms with van der Waals surface area (Å²) in [5.41, 5.74) is 0. The first-order valence-electron chi connectivity index (χ1n) is 21.3. The lowest BCUT2D eigenvalue weighted by Crippen LogP contribution is -2.30. The highest BCUT2D eigenvalue weighted by molar-refractivity contribution is 5.71. The monoisotopic (exact) mass is 695 g/mol. The van der Waals surface area contributed by atoms with Crippen LogP contribution in [0.3, 0.4) is 0 Å². The zero-order valence-corrected chi connectivity index (χ0v) is 33.3. The van der Waals surface area contributed by atoms with E-state index in [4.69, 9.17) is 14.2 Å². The molecule has 0 rings (SSSR count). The van der Waals surface area contributed by atoms with Crippen molar-refractivity contribution in [3.05, 3.63) is 0 Å². The van der Waals surface area contributed by atoms with Gasteiger partial charge in [0.15, 0.2) is 6.10 Å². The summed E-state index contributed by atoms with van der Waals surface area (Å²) in [4.78, 5) is 37.5. The first-order chi connectivity index (χ1) is 23.8. The van der Waals surface area contributed by atoms with Crippen LogP contribution in [-0.2, 0) is 28.6 Å². The molecule has 0 N–H and O–H groups in total. The van der Waals surface area contributed by atoms with Crippen LogP contribution in [-0.4, -0.2) is 37.2 Å². The van der Waals surface area contributed by atoms with Gasteiger partial charge < -0.3 is 14.2 Å². The molecule has 2 atom stereocenters. The fraction of sp³-hybridized carbons (Fsp3) is 0.930. The molecule has 0 aromatic rings. The van der Waals surface area contributed by atoms with Crippen molar-refractivity contribution in [3.8, 4) is 0 Å². The molecule has 6 nitrogen and oxygen atoms in total. The molecule has 0 amide bonds. The summed E-state index contributed by atoms with van der Waals surface area (Å²) in [5.74, 6) is 0.755. The van der Waals surface area contributed by atoms with Crippen molar-refractivity contribution in [2.75, 3.05) is 13.2 Å². The van der Waals surface area contributed by atoms with E-state index in [-0.39, 0.29) is 31.1 Å². The molecule has 290 valence electrons. The van der Waals surface area contributed by atoms with Crippen molar-refractivity contribution in [1.82, 2.24) is 0 Å². The molecule has 0 heterocycles. The van der Waals surface area contributed by atoms with Gasteiger partial charge >= 0.3 is 17.9 Å². The molecular formula is C43H82O6. The minimum Gasteiger partial charge on any atom is -0.462 e. The lowest BCUT2D eigenvalue weighted by atomic mass is 10.00. The van der Waals surface area contributed by atoms with Crippen molar-refractivity contribution >= 4 is 17.9 Å².